The van der Waals surface area contributed by atoms with Gasteiger partial charge in [-0.1, -0.05) is 6.07 Å². The van der Waals surface area contributed by atoms with E-state index in [0.717, 1.165) is 17.8 Å². The predicted octanol–water partition coefficient (Wildman–Crippen LogP) is 1.37. The normalized spacial score (nSPS) is 20.6. The number of aromatic nitrogens is 2. The summed E-state index contributed by atoms with van der Waals surface area (Å²) in [6.07, 6.45) is 5.06. The van der Waals surface area contributed by atoms with Crippen molar-refractivity contribution in [3.8, 4) is 0 Å². The van der Waals surface area contributed by atoms with Gasteiger partial charge in [0.15, 0.2) is 17.2 Å². The van der Waals surface area contributed by atoms with Crippen molar-refractivity contribution in [2.75, 3.05) is 19.6 Å². The monoisotopic (exact) mass is 364 g/mol. The molecule has 1 aromatic heterocycles. The third-order valence-corrected chi connectivity index (χ3v) is 4.60. The van der Waals surface area contributed by atoms with Gasteiger partial charge < -0.3 is 20.3 Å². The van der Waals surface area contributed by atoms with Crippen LogP contribution in [-0.2, 0) is 17.8 Å². The number of carbonyl (C=O) groups excluding carboxylic acids is 1. The van der Waals surface area contributed by atoms with Crippen LogP contribution in [0.3, 0.4) is 0 Å². The largest absolute Gasteiger partial charge is 0.379 e. The van der Waals surface area contributed by atoms with E-state index in [2.05, 4.69) is 15.3 Å². The van der Waals surface area contributed by atoms with Gasteiger partial charge in [0.25, 0.3) is 5.91 Å². The summed E-state index contributed by atoms with van der Waals surface area (Å²) < 4.78 is 26.4. The van der Waals surface area contributed by atoms with Gasteiger partial charge in [0, 0.05) is 44.5 Å². The van der Waals surface area contributed by atoms with E-state index in [0.29, 0.717) is 37.9 Å². The van der Waals surface area contributed by atoms with E-state index in [9.17, 15) is 18.7 Å². The Bertz CT molecular complexity index is 754. The van der Waals surface area contributed by atoms with Gasteiger partial charge in [-0.05, 0) is 30.5 Å². The maximum atomic E-state index is 13.4. The minimum absolute atomic E-state index is 0.145. The number of amides is 1. The maximum absolute atomic E-state index is 13.4. The van der Waals surface area contributed by atoms with Crippen molar-refractivity contribution in [3.05, 3.63) is 53.6 Å². The van der Waals surface area contributed by atoms with Crippen LogP contribution in [-0.4, -0.2) is 51.1 Å². The highest BCUT2D eigenvalue weighted by molar-refractivity contribution is 5.86. The Labute approximate surface area is 150 Å². The van der Waals surface area contributed by atoms with Crippen LogP contribution in [0.15, 0.2) is 30.7 Å². The number of aliphatic hydroxyl groups is 1. The van der Waals surface area contributed by atoms with Gasteiger partial charge in [-0.2, -0.15) is 0 Å². The zero-order valence-electron chi connectivity index (χ0n) is 14.3. The van der Waals surface area contributed by atoms with Crippen molar-refractivity contribution < 1.29 is 18.7 Å². The molecule has 3 N–H and O–H groups in total. The van der Waals surface area contributed by atoms with Gasteiger partial charge in [0.05, 0.1) is 6.33 Å². The second-order valence-corrected chi connectivity index (χ2v) is 6.61. The minimum Gasteiger partial charge on any atom is -0.379 e. The molecular formula is C18H22F2N4O2. The second-order valence-electron chi connectivity index (χ2n) is 6.61. The summed E-state index contributed by atoms with van der Waals surface area (Å²) in [5.74, 6) is -2.25. The first kappa shape index (κ1) is 18.5. The quantitative estimate of drug-likeness (QED) is 0.649. The summed E-state index contributed by atoms with van der Waals surface area (Å²) in [6, 6.07) is 3.57. The number of nitrogens with zero attached hydrogens (tertiary/aromatic N) is 2. The fourth-order valence-corrected chi connectivity index (χ4v) is 3.18. The van der Waals surface area contributed by atoms with E-state index in [1.807, 2.05) is 0 Å². The molecule has 6 nitrogen and oxygen atoms in total. The van der Waals surface area contributed by atoms with E-state index < -0.39 is 17.2 Å². The standard InChI is InChI=1S/C18H22F2N4O2/c19-15-3-2-13(8-16(15)20)10-24-7-1-5-18(26,17(24)25)11-21-6-4-14-9-22-12-23-14/h2-3,8-9,12,21,26H,1,4-7,10-11H2,(H,22,23). The Kier molecular flexibility index (Phi) is 5.63. The zero-order valence-corrected chi connectivity index (χ0v) is 14.3. The van der Waals surface area contributed by atoms with Gasteiger partial charge in [0.1, 0.15) is 0 Å². The molecular weight excluding hydrogens is 342 g/mol. The first-order valence-corrected chi connectivity index (χ1v) is 8.61. The first-order chi connectivity index (χ1) is 12.5. The van der Waals surface area contributed by atoms with Crippen LogP contribution in [0.25, 0.3) is 0 Å². The average molecular weight is 364 g/mol. The van der Waals surface area contributed by atoms with Gasteiger partial charge in [-0.3, -0.25) is 4.79 Å². The van der Waals surface area contributed by atoms with Gasteiger partial charge >= 0.3 is 0 Å². The van der Waals surface area contributed by atoms with Crippen molar-refractivity contribution in [1.82, 2.24) is 20.2 Å². The number of rotatable bonds is 7. The van der Waals surface area contributed by atoms with E-state index in [-0.39, 0.29) is 19.0 Å². The molecule has 2 aromatic rings. The number of likely N-dealkylation sites (tertiary alicyclic amines) is 1. The number of aromatic amines is 1. The third kappa shape index (κ3) is 4.25. The lowest BCUT2D eigenvalue weighted by molar-refractivity contribution is -0.157. The number of hydrogen-bond acceptors (Lipinski definition) is 4. The molecule has 1 aliphatic heterocycles. The fourth-order valence-electron chi connectivity index (χ4n) is 3.18. The Balaban J connectivity index is 1.56. The Morgan fingerprint density at radius 2 is 2.19 bits per heavy atom. The number of hydrogen-bond donors (Lipinski definition) is 3. The number of imidazole rings is 1. The Morgan fingerprint density at radius 1 is 1.35 bits per heavy atom. The van der Waals surface area contributed by atoms with Crippen LogP contribution in [0.2, 0.25) is 0 Å². The number of nitrogens with one attached hydrogen (secondary N) is 2. The molecule has 3 rings (SSSR count). The number of halogens is 2. The van der Waals surface area contributed by atoms with Crippen molar-refractivity contribution in [2.24, 2.45) is 0 Å². The van der Waals surface area contributed by atoms with Crippen molar-refractivity contribution in [3.63, 3.8) is 0 Å². The van der Waals surface area contributed by atoms with Crippen LogP contribution >= 0.6 is 0 Å². The highest BCUT2D eigenvalue weighted by Crippen LogP contribution is 2.24. The smallest absolute Gasteiger partial charge is 0.256 e. The molecule has 2 heterocycles. The molecule has 1 aromatic carbocycles. The lowest BCUT2D eigenvalue weighted by Crippen LogP contribution is -2.57. The summed E-state index contributed by atoms with van der Waals surface area (Å²) in [5.41, 5.74) is -0.0155. The van der Waals surface area contributed by atoms with Crippen LogP contribution in [0, 0.1) is 11.6 Å². The second kappa shape index (κ2) is 7.92. The number of piperidine rings is 1. The summed E-state index contributed by atoms with van der Waals surface area (Å²) in [4.78, 5) is 21.1. The lowest BCUT2D eigenvalue weighted by Gasteiger charge is -2.38. The zero-order chi connectivity index (χ0) is 18.6. The summed E-state index contributed by atoms with van der Waals surface area (Å²) in [5, 5.41) is 13.8. The molecule has 0 spiro atoms. The molecule has 8 heteroatoms. The predicted molar refractivity (Wildman–Crippen MR) is 91.1 cm³/mol. The van der Waals surface area contributed by atoms with E-state index in [1.54, 1.807) is 12.5 Å². The summed E-state index contributed by atoms with van der Waals surface area (Å²) in [7, 11) is 0. The highest BCUT2D eigenvalue weighted by Gasteiger charge is 2.41. The molecule has 1 atom stereocenters. The number of benzene rings is 1. The van der Waals surface area contributed by atoms with E-state index in [4.69, 9.17) is 0 Å². The molecule has 1 amide bonds. The van der Waals surface area contributed by atoms with Crippen molar-refractivity contribution in [1.29, 1.82) is 0 Å². The first-order valence-electron chi connectivity index (χ1n) is 8.61. The molecule has 0 aliphatic carbocycles. The molecule has 0 radical (unpaired) electrons. The molecule has 1 unspecified atom stereocenters. The van der Waals surface area contributed by atoms with Crippen LogP contribution in [0.1, 0.15) is 24.1 Å². The van der Waals surface area contributed by atoms with E-state index in [1.165, 1.54) is 11.0 Å². The van der Waals surface area contributed by atoms with Crippen LogP contribution < -0.4 is 5.32 Å². The number of carbonyl (C=O) groups is 1. The fraction of sp³-hybridized carbons (Fsp3) is 0.444. The molecule has 0 saturated carbocycles. The third-order valence-electron chi connectivity index (χ3n) is 4.60. The van der Waals surface area contributed by atoms with Gasteiger partial charge in [-0.15, -0.1) is 0 Å². The lowest BCUT2D eigenvalue weighted by atomic mass is 9.91. The number of H-pyrrole nitrogens is 1. The highest BCUT2D eigenvalue weighted by atomic mass is 19.2. The molecule has 1 fully saturated rings. The SMILES string of the molecule is O=C1N(Cc2ccc(F)c(F)c2)CCCC1(O)CNCCc1cnc[nH]1. The molecule has 26 heavy (non-hydrogen) atoms. The maximum Gasteiger partial charge on any atom is 0.256 e. The van der Waals surface area contributed by atoms with Gasteiger partial charge in [0.2, 0.25) is 0 Å². The molecule has 140 valence electrons. The molecule has 1 saturated heterocycles. The van der Waals surface area contributed by atoms with Crippen LogP contribution in [0.4, 0.5) is 8.78 Å². The molecule has 1 aliphatic rings. The molecule has 0 bridgehead atoms. The van der Waals surface area contributed by atoms with Crippen LogP contribution in [0.5, 0.6) is 0 Å². The topological polar surface area (TPSA) is 81.2 Å². The summed E-state index contributed by atoms with van der Waals surface area (Å²) in [6.45, 7) is 1.37. The summed E-state index contributed by atoms with van der Waals surface area (Å²) >= 11 is 0. The van der Waals surface area contributed by atoms with Crippen molar-refractivity contribution in [2.45, 2.75) is 31.4 Å². The van der Waals surface area contributed by atoms with Gasteiger partial charge in [-0.25, -0.2) is 13.8 Å². The van der Waals surface area contributed by atoms with Crippen molar-refractivity contribution >= 4 is 5.91 Å². The average Bonchev–Trinajstić information content (AvgIpc) is 3.13. The Morgan fingerprint density at radius 3 is 2.92 bits per heavy atom. The minimum atomic E-state index is -1.48. The van der Waals surface area contributed by atoms with E-state index >= 15 is 0 Å². The Hall–Kier alpha value is -2.32.